The molecule has 1 aliphatic rings. The van der Waals surface area contributed by atoms with Crippen LogP contribution in [0.5, 0.6) is 0 Å². The second-order valence-corrected chi connectivity index (χ2v) is 4.62. The smallest absolute Gasteiger partial charge is 0.253 e. The van der Waals surface area contributed by atoms with Crippen LogP contribution >= 0.6 is 0 Å². The molecular formula is C14H19NO2. The van der Waals surface area contributed by atoms with E-state index in [2.05, 4.69) is 5.32 Å². The molecule has 0 spiro atoms. The number of aliphatic hydroxyl groups excluding tert-OH is 1. The van der Waals surface area contributed by atoms with Gasteiger partial charge in [-0.1, -0.05) is 31.4 Å². The third kappa shape index (κ3) is 3.07. The largest absolute Gasteiger partial charge is 0.376 e. The number of carbonyl (C=O) groups is 1. The average Bonchev–Trinajstić information content (AvgIpc) is 2.40. The van der Waals surface area contributed by atoms with E-state index in [9.17, 15) is 4.79 Å². The predicted octanol–water partition coefficient (Wildman–Crippen LogP) is 2.41. The fraction of sp³-hybridized carbons (Fsp3) is 0.500. The molecular weight excluding hydrogens is 214 g/mol. The van der Waals surface area contributed by atoms with Crippen LogP contribution in [0.15, 0.2) is 24.3 Å². The summed E-state index contributed by atoms with van der Waals surface area (Å²) in [7, 11) is 0. The van der Waals surface area contributed by atoms with Crippen molar-refractivity contribution in [1.82, 2.24) is 5.32 Å². The standard InChI is InChI=1S/C14H19NO2/c16-10-15-14(17)13-8-6-12(7-9-13)11-4-2-1-3-5-11/h6-9,11,16H,1-5,10H2,(H,15,17). The van der Waals surface area contributed by atoms with Gasteiger partial charge in [0.15, 0.2) is 0 Å². The van der Waals surface area contributed by atoms with Gasteiger partial charge in [-0.25, -0.2) is 0 Å². The summed E-state index contributed by atoms with van der Waals surface area (Å²) < 4.78 is 0. The van der Waals surface area contributed by atoms with Crippen molar-refractivity contribution in [3.8, 4) is 0 Å². The van der Waals surface area contributed by atoms with E-state index in [1.165, 1.54) is 37.7 Å². The van der Waals surface area contributed by atoms with Crippen molar-refractivity contribution in [1.29, 1.82) is 0 Å². The Balaban J connectivity index is 2.04. The molecule has 1 saturated carbocycles. The maximum absolute atomic E-state index is 11.5. The quantitative estimate of drug-likeness (QED) is 0.788. The molecule has 2 rings (SSSR count). The predicted molar refractivity (Wildman–Crippen MR) is 66.8 cm³/mol. The summed E-state index contributed by atoms with van der Waals surface area (Å²) >= 11 is 0. The van der Waals surface area contributed by atoms with Crippen LogP contribution < -0.4 is 5.32 Å². The Morgan fingerprint density at radius 3 is 2.41 bits per heavy atom. The van der Waals surface area contributed by atoms with E-state index in [4.69, 9.17) is 5.11 Å². The molecule has 1 aromatic carbocycles. The molecule has 0 aromatic heterocycles. The van der Waals surface area contributed by atoms with Crippen molar-refractivity contribution in [2.45, 2.75) is 38.0 Å². The lowest BCUT2D eigenvalue weighted by Gasteiger charge is -2.22. The summed E-state index contributed by atoms with van der Waals surface area (Å²) in [6, 6.07) is 7.77. The number of carbonyl (C=O) groups excluding carboxylic acids is 1. The van der Waals surface area contributed by atoms with Gasteiger partial charge in [0.25, 0.3) is 5.91 Å². The highest BCUT2D eigenvalue weighted by Crippen LogP contribution is 2.32. The van der Waals surface area contributed by atoms with E-state index in [1.54, 1.807) is 0 Å². The van der Waals surface area contributed by atoms with Crippen molar-refractivity contribution in [3.05, 3.63) is 35.4 Å². The first kappa shape index (κ1) is 12.1. The molecule has 0 bridgehead atoms. The molecule has 0 heterocycles. The van der Waals surface area contributed by atoms with Gasteiger partial charge in [0.1, 0.15) is 6.73 Å². The zero-order chi connectivity index (χ0) is 12.1. The summed E-state index contributed by atoms with van der Waals surface area (Å²) in [6.45, 7) is -0.316. The summed E-state index contributed by atoms with van der Waals surface area (Å²) in [5, 5.41) is 11.0. The average molecular weight is 233 g/mol. The molecule has 3 nitrogen and oxygen atoms in total. The van der Waals surface area contributed by atoms with Gasteiger partial charge >= 0.3 is 0 Å². The number of hydrogen-bond donors (Lipinski definition) is 2. The van der Waals surface area contributed by atoms with Gasteiger partial charge in [-0.05, 0) is 36.5 Å². The van der Waals surface area contributed by atoms with Gasteiger partial charge in [-0.2, -0.15) is 0 Å². The molecule has 2 N–H and O–H groups in total. The zero-order valence-electron chi connectivity index (χ0n) is 9.98. The summed E-state index contributed by atoms with van der Waals surface area (Å²) in [5.74, 6) is 0.446. The van der Waals surface area contributed by atoms with Gasteiger partial charge in [-0.3, -0.25) is 4.79 Å². The Morgan fingerprint density at radius 1 is 1.18 bits per heavy atom. The third-order valence-electron chi connectivity index (χ3n) is 3.49. The molecule has 0 aliphatic heterocycles. The number of rotatable bonds is 3. The van der Waals surface area contributed by atoms with E-state index in [-0.39, 0.29) is 12.6 Å². The van der Waals surface area contributed by atoms with Crippen LogP contribution in [0.1, 0.15) is 53.9 Å². The highest BCUT2D eigenvalue weighted by atomic mass is 16.3. The lowest BCUT2D eigenvalue weighted by Crippen LogP contribution is -2.23. The Kier molecular flexibility index (Phi) is 4.15. The lowest BCUT2D eigenvalue weighted by molar-refractivity contribution is 0.0910. The van der Waals surface area contributed by atoms with Crippen LogP contribution in [0.25, 0.3) is 0 Å². The monoisotopic (exact) mass is 233 g/mol. The van der Waals surface area contributed by atoms with Crippen molar-refractivity contribution in [2.75, 3.05) is 6.73 Å². The molecule has 0 saturated heterocycles. The molecule has 1 aromatic rings. The van der Waals surface area contributed by atoms with Crippen LogP contribution in [0.3, 0.4) is 0 Å². The van der Waals surface area contributed by atoms with Crippen molar-refractivity contribution < 1.29 is 9.90 Å². The minimum Gasteiger partial charge on any atom is -0.376 e. The molecule has 0 radical (unpaired) electrons. The third-order valence-corrected chi connectivity index (χ3v) is 3.49. The van der Waals surface area contributed by atoms with E-state index in [0.717, 1.165) is 0 Å². The maximum Gasteiger partial charge on any atom is 0.253 e. The van der Waals surface area contributed by atoms with Gasteiger partial charge in [0, 0.05) is 5.56 Å². The Bertz CT molecular complexity index is 366. The highest BCUT2D eigenvalue weighted by molar-refractivity contribution is 5.94. The minimum atomic E-state index is -0.316. The number of aliphatic hydroxyl groups is 1. The van der Waals surface area contributed by atoms with E-state index >= 15 is 0 Å². The van der Waals surface area contributed by atoms with Crippen molar-refractivity contribution in [3.63, 3.8) is 0 Å². The fourth-order valence-corrected chi connectivity index (χ4v) is 2.52. The Hall–Kier alpha value is -1.35. The van der Waals surface area contributed by atoms with Crippen LogP contribution in [0.2, 0.25) is 0 Å². The number of nitrogens with one attached hydrogen (secondary N) is 1. The molecule has 3 heteroatoms. The van der Waals surface area contributed by atoms with Crippen LogP contribution in [0.4, 0.5) is 0 Å². The molecule has 0 atom stereocenters. The maximum atomic E-state index is 11.5. The molecule has 0 unspecified atom stereocenters. The minimum absolute atomic E-state index is 0.220. The van der Waals surface area contributed by atoms with Gasteiger partial charge in [0.2, 0.25) is 0 Å². The summed E-state index contributed by atoms with van der Waals surface area (Å²) in [6.07, 6.45) is 6.52. The van der Waals surface area contributed by atoms with E-state index in [0.29, 0.717) is 11.5 Å². The second kappa shape index (κ2) is 5.82. The van der Waals surface area contributed by atoms with Gasteiger partial charge in [0.05, 0.1) is 0 Å². The first-order valence-corrected chi connectivity index (χ1v) is 6.30. The lowest BCUT2D eigenvalue weighted by atomic mass is 9.84. The Morgan fingerprint density at radius 2 is 1.82 bits per heavy atom. The first-order valence-electron chi connectivity index (χ1n) is 6.30. The van der Waals surface area contributed by atoms with Gasteiger partial charge in [-0.15, -0.1) is 0 Å². The fourth-order valence-electron chi connectivity index (χ4n) is 2.52. The van der Waals surface area contributed by atoms with Crippen molar-refractivity contribution in [2.24, 2.45) is 0 Å². The van der Waals surface area contributed by atoms with Gasteiger partial charge < -0.3 is 10.4 Å². The SMILES string of the molecule is O=C(NCO)c1ccc(C2CCCCC2)cc1. The molecule has 1 amide bonds. The normalized spacial score (nSPS) is 16.8. The van der Waals surface area contributed by atoms with Crippen LogP contribution in [-0.4, -0.2) is 17.7 Å². The molecule has 1 fully saturated rings. The van der Waals surface area contributed by atoms with Crippen LogP contribution in [-0.2, 0) is 0 Å². The first-order chi connectivity index (χ1) is 8.31. The summed E-state index contributed by atoms with van der Waals surface area (Å²) in [5.41, 5.74) is 1.95. The van der Waals surface area contributed by atoms with Crippen LogP contribution in [0, 0.1) is 0 Å². The topological polar surface area (TPSA) is 49.3 Å². The summed E-state index contributed by atoms with van der Waals surface area (Å²) in [4.78, 5) is 11.5. The highest BCUT2D eigenvalue weighted by Gasteiger charge is 2.15. The number of amides is 1. The van der Waals surface area contributed by atoms with Crippen molar-refractivity contribution >= 4 is 5.91 Å². The van der Waals surface area contributed by atoms with E-state index in [1.807, 2.05) is 24.3 Å². The molecule has 17 heavy (non-hydrogen) atoms. The molecule has 92 valence electrons. The molecule has 1 aliphatic carbocycles. The zero-order valence-corrected chi connectivity index (χ0v) is 9.98. The second-order valence-electron chi connectivity index (χ2n) is 4.62. The number of benzene rings is 1. The van der Waals surface area contributed by atoms with E-state index < -0.39 is 0 Å². The number of hydrogen-bond acceptors (Lipinski definition) is 2. The Labute approximate surface area is 102 Å².